The van der Waals surface area contributed by atoms with Gasteiger partial charge in [-0.05, 0) is 37.7 Å². The number of anilines is 1. The molecule has 0 fully saturated rings. The second kappa shape index (κ2) is 6.37. The zero-order valence-electron chi connectivity index (χ0n) is 12.4. The standard InChI is InChI=1S/C16H19N3O2/c1-11(17-2)12-5-4-6-14(9-12)18-16(21)13-7-8-19(3)15(20)10-13/h4-11,17H,1-3H3,(H,18,21). The molecule has 5 heteroatoms. The first-order chi connectivity index (χ1) is 10.0. The molecule has 0 saturated heterocycles. The van der Waals surface area contributed by atoms with Gasteiger partial charge in [-0.15, -0.1) is 0 Å². The summed E-state index contributed by atoms with van der Waals surface area (Å²) >= 11 is 0. The van der Waals surface area contributed by atoms with Crippen molar-refractivity contribution >= 4 is 11.6 Å². The van der Waals surface area contributed by atoms with E-state index in [1.165, 1.54) is 10.6 Å². The van der Waals surface area contributed by atoms with Crippen molar-refractivity contribution < 1.29 is 4.79 Å². The number of nitrogens with zero attached hydrogens (tertiary/aromatic N) is 1. The SMILES string of the molecule is CNC(C)c1cccc(NC(=O)c2ccn(C)c(=O)c2)c1. The lowest BCUT2D eigenvalue weighted by atomic mass is 10.1. The van der Waals surface area contributed by atoms with Crippen LogP contribution in [0.2, 0.25) is 0 Å². The maximum Gasteiger partial charge on any atom is 0.255 e. The fourth-order valence-electron chi connectivity index (χ4n) is 1.95. The quantitative estimate of drug-likeness (QED) is 0.902. The lowest BCUT2D eigenvalue weighted by Gasteiger charge is -2.12. The highest BCUT2D eigenvalue weighted by Gasteiger charge is 2.09. The van der Waals surface area contributed by atoms with Crippen molar-refractivity contribution in [1.29, 1.82) is 0 Å². The van der Waals surface area contributed by atoms with Crippen LogP contribution < -0.4 is 16.2 Å². The minimum Gasteiger partial charge on any atom is -0.322 e. The van der Waals surface area contributed by atoms with Crippen molar-refractivity contribution in [3.63, 3.8) is 0 Å². The molecule has 0 aliphatic carbocycles. The Hall–Kier alpha value is -2.40. The summed E-state index contributed by atoms with van der Waals surface area (Å²) in [5.41, 5.74) is 1.94. The Morgan fingerprint density at radius 3 is 2.67 bits per heavy atom. The zero-order chi connectivity index (χ0) is 15.4. The number of nitrogens with one attached hydrogen (secondary N) is 2. The highest BCUT2D eigenvalue weighted by Crippen LogP contribution is 2.17. The Morgan fingerprint density at radius 2 is 2.00 bits per heavy atom. The van der Waals surface area contributed by atoms with E-state index in [2.05, 4.69) is 10.6 Å². The molecule has 0 radical (unpaired) electrons. The number of carbonyl (C=O) groups is 1. The minimum atomic E-state index is -0.290. The van der Waals surface area contributed by atoms with Gasteiger partial charge in [-0.1, -0.05) is 12.1 Å². The van der Waals surface area contributed by atoms with Crippen molar-refractivity contribution in [1.82, 2.24) is 9.88 Å². The Kier molecular flexibility index (Phi) is 4.55. The Morgan fingerprint density at radius 1 is 1.24 bits per heavy atom. The highest BCUT2D eigenvalue weighted by atomic mass is 16.2. The molecule has 1 aromatic carbocycles. The molecule has 0 bridgehead atoms. The Bertz CT molecular complexity index is 707. The lowest BCUT2D eigenvalue weighted by Crippen LogP contribution is -2.20. The molecule has 5 nitrogen and oxygen atoms in total. The molecule has 0 saturated carbocycles. The predicted molar refractivity (Wildman–Crippen MR) is 83.6 cm³/mol. The first-order valence-corrected chi connectivity index (χ1v) is 6.76. The summed E-state index contributed by atoms with van der Waals surface area (Å²) < 4.78 is 1.42. The van der Waals surface area contributed by atoms with Gasteiger partial charge in [-0.25, -0.2) is 0 Å². The largest absolute Gasteiger partial charge is 0.322 e. The molecule has 1 unspecified atom stereocenters. The summed E-state index contributed by atoms with van der Waals surface area (Å²) in [7, 11) is 3.53. The molecule has 1 aromatic heterocycles. The summed E-state index contributed by atoms with van der Waals surface area (Å²) in [5.74, 6) is -0.290. The van der Waals surface area contributed by atoms with Crippen molar-refractivity contribution in [2.24, 2.45) is 7.05 Å². The van der Waals surface area contributed by atoms with E-state index >= 15 is 0 Å². The molecule has 0 aliphatic rings. The Balaban J connectivity index is 2.19. The third-order valence-electron chi connectivity index (χ3n) is 3.44. The van der Waals surface area contributed by atoms with Gasteiger partial charge in [-0.3, -0.25) is 9.59 Å². The van der Waals surface area contributed by atoms with Crippen molar-refractivity contribution in [2.45, 2.75) is 13.0 Å². The van der Waals surface area contributed by atoms with E-state index in [-0.39, 0.29) is 17.5 Å². The second-order valence-corrected chi connectivity index (χ2v) is 4.95. The van der Waals surface area contributed by atoms with E-state index in [1.807, 2.05) is 38.2 Å². The van der Waals surface area contributed by atoms with Gasteiger partial charge in [-0.2, -0.15) is 0 Å². The first kappa shape index (κ1) is 15.0. The van der Waals surface area contributed by atoms with E-state index < -0.39 is 0 Å². The molecule has 21 heavy (non-hydrogen) atoms. The minimum absolute atomic E-state index is 0.200. The van der Waals surface area contributed by atoms with Crippen LogP contribution >= 0.6 is 0 Å². The highest BCUT2D eigenvalue weighted by molar-refractivity contribution is 6.04. The van der Waals surface area contributed by atoms with Crippen LogP contribution in [0.3, 0.4) is 0 Å². The van der Waals surface area contributed by atoms with E-state index in [0.29, 0.717) is 11.3 Å². The summed E-state index contributed by atoms with van der Waals surface area (Å²) in [6, 6.07) is 10.8. The molecule has 110 valence electrons. The lowest BCUT2D eigenvalue weighted by molar-refractivity contribution is 0.102. The first-order valence-electron chi connectivity index (χ1n) is 6.76. The van der Waals surface area contributed by atoms with Gasteiger partial charge in [0, 0.05) is 36.6 Å². The van der Waals surface area contributed by atoms with E-state index in [0.717, 1.165) is 5.56 Å². The molecule has 0 aliphatic heterocycles. The van der Waals surface area contributed by atoms with Gasteiger partial charge in [0.25, 0.3) is 11.5 Å². The summed E-state index contributed by atoms with van der Waals surface area (Å²) in [5, 5.41) is 5.96. The third kappa shape index (κ3) is 3.58. The van der Waals surface area contributed by atoms with Crippen LogP contribution in [-0.2, 0) is 7.05 Å². The average Bonchev–Trinajstić information content (AvgIpc) is 2.49. The molecule has 1 atom stereocenters. The van der Waals surface area contributed by atoms with Crippen LogP contribution in [0.1, 0.15) is 28.9 Å². The molecule has 1 amide bonds. The molecular formula is C16H19N3O2. The van der Waals surface area contributed by atoms with Gasteiger partial charge >= 0.3 is 0 Å². The van der Waals surface area contributed by atoms with Gasteiger partial charge in [0.15, 0.2) is 0 Å². The molecule has 2 aromatic rings. The molecule has 2 N–H and O–H groups in total. The number of benzene rings is 1. The third-order valence-corrected chi connectivity index (χ3v) is 3.44. The van der Waals surface area contributed by atoms with Gasteiger partial charge in [0.2, 0.25) is 0 Å². The number of rotatable bonds is 4. The predicted octanol–water partition coefficient (Wildman–Crippen LogP) is 1.92. The number of aromatic nitrogens is 1. The fraction of sp³-hybridized carbons (Fsp3) is 0.250. The number of amides is 1. The fourth-order valence-corrected chi connectivity index (χ4v) is 1.95. The van der Waals surface area contributed by atoms with E-state index in [1.54, 1.807) is 19.3 Å². The van der Waals surface area contributed by atoms with Crippen LogP contribution in [-0.4, -0.2) is 17.5 Å². The van der Waals surface area contributed by atoms with Crippen LogP contribution in [0.4, 0.5) is 5.69 Å². The number of pyridine rings is 1. The van der Waals surface area contributed by atoms with Crippen molar-refractivity contribution in [3.05, 3.63) is 64.1 Å². The molecule has 2 rings (SSSR count). The second-order valence-electron chi connectivity index (χ2n) is 4.95. The zero-order valence-corrected chi connectivity index (χ0v) is 12.4. The van der Waals surface area contributed by atoms with Crippen LogP contribution in [0.25, 0.3) is 0 Å². The number of hydrogen-bond acceptors (Lipinski definition) is 3. The number of hydrogen-bond donors (Lipinski definition) is 2. The van der Waals surface area contributed by atoms with Gasteiger partial charge < -0.3 is 15.2 Å². The maximum atomic E-state index is 12.2. The topological polar surface area (TPSA) is 63.1 Å². The van der Waals surface area contributed by atoms with E-state index in [4.69, 9.17) is 0 Å². The average molecular weight is 285 g/mol. The summed E-state index contributed by atoms with van der Waals surface area (Å²) in [6.45, 7) is 2.04. The van der Waals surface area contributed by atoms with Crippen molar-refractivity contribution in [2.75, 3.05) is 12.4 Å². The molecular weight excluding hydrogens is 266 g/mol. The maximum absolute atomic E-state index is 12.2. The van der Waals surface area contributed by atoms with E-state index in [9.17, 15) is 9.59 Å². The van der Waals surface area contributed by atoms with Crippen LogP contribution in [0.15, 0.2) is 47.4 Å². The number of aryl methyl sites for hydroxylation is 1. The van der Waals surface area contributed by atoms with Crippen molar-refractivity contribution in [3.8, 4) is 0 Å². The van der Waals surface area contributed by atoms with Crippen LogP contribution in [0.5, 0.6) is 0 Å². The summed E-state index contributed by atoms with van der Waals surface area (Å²) in [4.78, 5) is 23.7. The normalized spacial score (nSPS) is 12.0. The Labute approximate surface area is 123 Å². The monoisotopic (exact) mass is 285 g/mol. The van der Waals surface area contributed by atoms with Gasteiger partial charge in [0.1, 0.15) is 0 Å². The summed E-state index contributed by atoms with van der Waals surface area (Å²) in [6.07, 6.45) is 1.58. The molecule has 0 spiro atoms. The smallest absolute Gasteiger partial charge is 0.255 e. The van der Waals surface area contributed by atoms with Crippen LogP contribution in [0, 0.1) is 0 Å². The van der Waals surface area contributed by atoms with Gasteiger partial charge in [0.05, 0.1) is 0 Å². The number of carbonyl (C=O) groups excluding carboxylic acids is 1. The molecule has 1 heterocycles.